The van der Waals surface area contributed by atoms with Crippen LogP contribution in [0, 0.1) is 0 Å². The fraction of sp³-hybridized carbons (Fsp3) is 0.143. The van der Waals surface area contributed by atoms with E-state index in [-0.39, 0.29) is 6.61 Å². The second-order valence-electron chi connectivity index (χ2n) is 3.84. The molecule has 0 atom stereocenters. The van der Waals surface area contributed by atoms with Crippen molar-refractivity contribution in [1.82, 2.24) is 0 Å². The number of benzene rings is 1. The van der Waals surface area contributed by atoms with E-state index in [1.54, 1.807) is 11.4 Å². The monoisotopic (exact) mass is 291 g/mol. The van der Waals surface area contributed by atoms with Crippen LogP contribution in [0.15, 0.2) is 41.8 Å². The molecule has 1 amide bonds. The Morgan fingerprint density at radius 1 is 1.20 bits per heavy atom. The van der Waals surface area contributed by atoms with Crippen LogP contribution in [0.1, 0.15) is 15.2 Å². The lowest BCUT2D eigenvalue weighted by atomic mass is 10.2. The van der Waals surface area contributed by atoms with Crippen LogP contribution in [-0.2, 0) is 16.1 Å². The maximum Gasteiger partial charge on any atom is 0.412 e. The molecule has 0 saturated carbocycles. The van der Waals surface area contributed by atoms with Crippen LogP contribution in [0.25, 0.3) is 0 Å². The van der Waals surface area contributed by atoms with Crippen molar-refractivity contribution in [2.75, 3.05) is 12.4 Å². The van der Waals surface area contributed by atoms with E-state index in [2.05, 4.69) is 10.1 Å². The Bertz CT molecular complexity index is 594. The van der Waals surface area contributed by atoms with Gasteiger partial charge in [0, 0.05) is 0 Å². The highest BCUT2D eigenvalue weighted by Crippen LogP contribution is 2.23. The lowest BCUT2D eigenvalue weighted by Crippen LogP contribution is -2.15. The van der Waals surface area contributed by atoms with Crippen molar-refractivity contribution in [3.63, 3.8) is 0 Å². The quantitative estimate of drug-likeness (QED) is 0.878. The summed E-state index contributed by atoms with van der Waals surface area (Å²) in [7, 11) is 1.29. The summed E-state index contributed by atoms with van der Waals surface area (Å²) in [5.41, 5.74) is 1.28. The van der Waals surface area contributed by atoms with Gasteiger partial charge in [-0.2, -0.15) is 0 Å². The van der Waals surface area contributed by atoms with Crippen molar-refractivity contribution in [3.05, 3.63) is 52.2 Å². The molecule has 1 aromatic heterocycles. The van der Waals surface area contributed by atoms with Crippen LogP contribution >= 0.6 is 11.3 Å². The molecule has 104 valence electrons. The van der Waals surface area contributed by atoms with Gasteiger partial charge in [-0.05, 0) is 17.0 Å². The minimum atomic E-state index is -0.614. The Hall–Kier alpha value is -2.34. The molecule has 0 unspecified atom stereocenters. The molecule has 0 aliphatic heterocycles. The van der Waals surface area contributed by atoms with Gasteiger partial charge in [0.2, 0.25) is 0 Å². The Morgan fingerprint density at radius 3 is 2.65 bits per heavy atom. The second kappa shape index (κ2) is 6.72. The van der Waals surface area contributed by atoms with Crippen LogP contribution in [0.2, 0.25) is 0 Å². The van der Waals surface area contributed by atoms with Crippen LogP contribution < -0.4 is 5.32 Å². The summed E-state index contributed by atoms with van der Waals surface area (Å²) in [6.45, 7) is 0.171. The number of ether oxygens (including phenoxy) is 2. The third-order valence-electron chi connectivity index (χ3n) is 2.49. The summed E-state index contributed by atoms with van der Waals surface area (Å²) in [6, 6.07) is 11.0. The van der Waals surface area contributed by atoms with E-state index in [0.717, 1.165) is 5.56 Å². The molecule has 0 spiro atoms. The first-order valence-electron chi connectivity index (χ1n) is 5.84. The Kier molecular flexibility index (Phi) is 4.73. The summed E-state index contributed by atoms with van der Waals surface area (Å²) in [4.78, 5) is 23.5. The molecule has 6 heteroatoms. The van der Waals surface area contributed by atoms with E-state index in [9.17, 15) is 9.59 Å². The minimum Gasteiger partial charge on any atom is -0.465 e. The molecule has 0 bridgehead atoms. The summed E-state index contributed by atoms with van der Waals surface area (Å²) < 4.78 is 9.70. The topological polar surface area (TPSA) is 64.6 Å². The van der Waals surface area contributed by atoms with E-state index < -0.39 is 12.1 Å². The summed E-state index contributed by atoms with van der Waals surface area (Å²) in [5.74, 6) is -0.488. The fourth-order valence-electron chi connectivity index (χ4n) is 1.53. The lowest BCUT2D eigenvalue weighted by molar-refractivity contribution is 0.0607. The average molecular weight is 291 g/mol. The zero-order valence-electron chi connectivity index (χ0n) is 10.8. The van der Waals surface area contributed by atoms with Crippen molar-refractivity contribution in [2.45, 2.75) is 6.61 Å². The first-order chi connectivity index (χ1) is 9.70. The van der Waals surface area contributed by atoms with Crippen LogP contribution in [0.4, 0.5) is 10.5 Å². The van der Waals surface area contributed by atoms with E-state index in [1.165, 1.54) is 18.4 Å². The molecule has 2 aromatic rings. The van der Waals surface area contributed by atoms with Gasteiger partial charge in [-0.25, -0.2) is 9.59 Å². The number of hydrogen-bond acceptors (Lipinski definition) is 5. The molecule has 20 heavy (non-hydrogen) atoms. The van der Waals surface area contributed by atoms with Crippen LogP contribution in [0.3, 0.4) is 0 Å². The maximum absolute atomic E-state index is 11.7. The largest absolute Gasteiger partial charge is 0.465 e. The highest BCUT2D eigenvalue weighted by atomic mass is 32.1. The second-order valence-corrected chi connectivity index (χ2v) is 4.76. The lowest BCUT2D eigenvalue weighted by Gasteiger charge is -2.07. The molecule has 0 radical (unpaired) electrons. The predicted molar refractivity (Wildman–Crippen MR) is 75.9 cm³/mol. The average Bonchev–Trinajstić information content (AvgIpc) is 2.93. The molecule has 0 aliphatic carbocycles. The minimum absolute atomic E-state index is 0.171. The van der Waals surface area contributed by atoms with Gasteiger partial charge in [-0.15, -0.1) is 11.3 Å². The summed E-state index contributed by atoms with van der Waals surface area (Å²) in [6.07, 6.45) is -0.614. The molecule has 2 rings (SSSR count). The van der Waals surface area contributed by atoms with Gasteiger partial charge in [0.05, 0.1) is 12.8 Å². The van der Waals surface area contributed by atoms with Crippen molar-refractivity contribution < 1.29 is 19.1 Å². The molecular weight excluding hydrogens is 278 g/mol. The first kappa shape index (κ1) is 14.1. The molecule has 0 fully saturated rings. The zero-order valence-corrected chi connectivity index (χ0v) is 11.6. The SMILES string of the molecule is COC(=O)c1sccc1NC(=O)OCc1ccccc1. The number of amides is 1. The third kappa shape index (κ3) is 3.58. The van der Waals surface area contributed by atoms with Crippen LogP contribution in [-0.4, -0.2) is 19.2 Å². The van der Waals surface area contributed by atoms with Crippen molar-refractivity contribution in [3.8, 4) is 0 Å². The third-order valence-corrected chi connectivity index (χ3v) is 3.38. The van der Waals surface area contributed by atoms with Gasteiger partial charge in [-0.3, -0.25) is 5.32 Å². The highest BCUT2D eigenvalue weighted by molar-refractivity contribution is 7.12. The number of hydrogen-bond donors (Lipinski definition) is 1. The number of carbonyl (C=O) groups excluding carboxylic acids is 2. The zero-order chi connectivity index (χ0) is 14.4. The summed E-state index contributed by atoms with van der Waals surface area (Å²) in [5, 5.41) is 4.22. The fourth-order valence-corrected chi connectivity index (χ4v) is 2.29. The number of methoxy groups -OCH3 is 1. The molecular formula is C14H13NO4S. The van der Waals surface area contributed by atoms with Crippen molar-refractivity contribution in [1.29, 1.82) is 0 Å². The van der Waals surface area contributed by atoms with Gasteiger partial charge < -0.3 is 9.47 Å². The number of carbonyl (C=O) groups is 2. The smallest absolute Gasteiger partial charge is 0.412 e. The molecule has 0 saturated heterocycles. The standard InChI is InChI=1S/C14H13NO4S/c1-18-13(16)12-11(7-8-20-12)15-14(17)19-9-10-5-3-2-4-6-10/h2-8H,9H2,1H3,(H,15,17). The number of rotatable bonds is 4. The van der Waals surface area contributed by atoms with Gasteiger partial charge >= 0.3 is 12.1 Å². The molecule has 0 aliphatic rings. The van der Waals surface area contributed by atoms with Crippen molar-refractivity contribution >= 4 is 29.1 Å². The molecule has 1 N–H and O–H groups in total. The normalized spacial score (nSPS) is 9.85. The van der Waals surface area contributed by atoms with Crippen molar-refractivity contribution in [2.24, 2.45) is 0 Å². The maximum atomic E-state index is 11.7. The predicted octanol–water partition coefficient (Wildman–Crippen LogP) is 3.28. The first-order valence-corrected chi connectivity index (χ1v) is 6.72. The van der Waals surface area contributed by atoms with Gasteiger partial charge in [0.1, 0.15) is 11.5 Å². The van der Waals surface area contributed by atoms with E-state index in [1.807, 2.05) is 30.3 Å². The molecule has 1 aromatic carbocycles. The van der Waals surface area contributed by atoms with E-state index in [0.29, 0.717) is 10.6 Å². The van der Waals surface area contributed by atoms with Gasteiger partial charge in [-0.1, -0.05) is 30.3 Å². The number of esters is 1. The van der Waals surface area contributed by atoms with Gasteiger partial charge in [0.25, 0.3) is 0 Å². The van der Waals surface area contributed by atoms with Gasteiger partial charge in [0.15, 0.2) is 0 Å². The number of nitrogens with one attached hydrogen (secondary N) is 1. The Labute approximate surface area is 120 Å². The highest BCUT2D eigenvalue weighted by Gasteiger charge is 2.15. The van der Waals surface area contributed by atoms with E-state index >= 15 is 0 Å². The number of thiophene rings is 1. The van der Waals surface area contributed by atoms with Crippen LogP contribution in [0.5, 0.6) is 0 Å². The molecule has 5 nitrogen and oxygen atoms in total. The summed E-state index contributed by atoms with van der Waals surface area (Å²) >= 11 is 1.19. The number of anilines is 1. The molecule has 1 heterocycles. The Balaban J connectivity index is 1.92. The Morgan fingerprint density at radius 2 is 1.95 bits per heavy atom. The van der Waals surface area contributed by atoms with E-state index in [4.69, 9.17) is 4.74 Å².